The standard InChI is InChI=1S/8C4H9.3Ti/c8*1-3-4-2;;;/h8*1,3-4H2,2H3;;;/q;;;;;;;;2*-2;+4. The topological polar surface area (TPSA) is 0 Å². The second kappa shape index (κ2) is 30.7. The normalized spacial score (nSPS) is 12.6. The summed E-state index contributed by atoms with van der Waals surface area (Å²) < 4.78 is 13.4. The molecule has 0 heterocycles. The van der Waals surface area contributed by atoms with Crippen LogP contribution in [0, 0.1) is 0 Å². The molecule has 0 nitrogen and oxygen atoms in total. The Balaban J connectivity index is -0.000000569. The van der Waals surface area contributed by atoms with Crippen LogP contribution in [0.1, 0.15) is 158 Å². The molecule has 0 aliphatic carbocycles. The molecule has 0 N–H and O–H groups in total. The molecule has 0 aliphatic heterocycles. The Morgan fingerprint density at radius 3 is 0.457 bits per heavy atom. The summed E-state index contributed by atoms with van der Waals surface area (Å²) in [5.74, 6) is 0. The summed E-state index contributed by atoms with van der Waals surface area (Å²) in [6.45, 7) is 18.9. The Hall–Kier alpha value is 2.14. The maximum atomic E-state index is 2.37. The van der Waals surface area contributed by atoms with E-state index in [1.807, 2.05) is 0 Å². The van der Waals surface area contributed by atoms with E-state index in [9.17, 15) is 0 Å². The van der Waals surface area contributed by atoms with Gasteiger partial charge in [0.25, 0.3) is 0 Å². The molecule has 3 heteroatoms. The fraction of sp³-hybridized carbons (Fsp3) is 1.00. The van der Waals surface area contributed by atoms with E-state index in [-0.39, 0.29) is 21.7 Å². The SMILES string of the molecule is CCC[CH2][Ti-2]([CH2]CCC)([CH2]CCC)[CH2]CCC.CCC[CH2][Ti-2]([CH2]CCC)([CH2]CCC)[CH2]CCC.[Ti+4]. The molecule has 0 fully saturated rings. The average Bonchev–Trinajstić information content (AvgIpc) is 2.87. The third kappa shape index (κ3) is 23.7. The predicted octanol–water partition coefficient (Wildman–Crippen LogP) is 14.0. The van der Waals surface area contributed by atoms with Crippen molar-refractivity contribution in [1.29, 1.82) is 0 Å². The quantitative estimate of drug-likeness (QED) is 0.0967. The van der Waals surface area contributed by atoms with Crippen LogP contribution >= 0.6 is 0 Å². The molecule has 0 aromatic rings. The molecule has 0 atom stereocenters. The van der Waals surface area contributed by atoms with Crippen molar-refractivity contribution in [2.75, 3.05) is 0 Å². The first kappa shape index (κ1) is 41.6. The zero-order chi connectivity index (χ0) is 26.0. The maximum absolute atomic E-state index is 2.37. The van der Waals surface area contributed by atoms with Gasteiger partial charge in [-0.25, -0.2) is 0 Å². The first-order valence-corrected chi connectivity index (χ1v) is 25.3. The second-order valence-electron chi connectivity index (χ2n) is 11.8. The fourth-order valence-electron chi connectivity index (χ4n) is 5.91. The molecule has 0 rings (SSSR count). The van der Waals surface area contributed by atoms with Crippen molar-refractivity contribution in [3.05, 3.63) is 0 Å². The minimum Gasteiger partial charge on any atom is 4.00 e. The van der Waals surface area contributed by atoms with Crippen molar-refractivity contribution in [3.63, 3.8) is 0 Å². The first-order chi connectivity index (χ1) is 16.5. The first-order valence-electron chi connectivity index (χ1n) is 16.5. The Morgan fingerprint density at radius 1 is 0.257 bits per heavy atom. The van der Waals surface area contributed by atoms with Crippen LogP contribution in [0.5, 0.6) is 0 Å². The van der Waals surface area contributed by atoms with Gasteiger partial charge in [0.2, 0.25) is 0 Å². The zero-order valence-electron chi connectivity index (χ0n) is 26.5. The molecule has 0 radical (unpaired) electrons. The van der Waals surface area contributed by atoms with Crippen molar-refractivity contribution >= 4 is 0 Å². The van der Waals surface area contributed by atoms with Gasteiger partial charge in [-0.3, -0.25) is 0 Å². The van der Waals surface area contributed by atoms with Gasteiger partial charge in [0, 0.05) is 0 Å². The van der Waals surface area contributed by atoms with Gasteiger partial charge in [-0.05, 0) is 0 Å². The molecule has 35 heavy (non-hydrogen) atoms. The number of unbranched alkanes of at least 4 members (excludes halogenated alkanes) is 8. The number of rotatable bonds is 24. The van der Waals surface area contributed by atoms with Crippen LogP contribution in [0.15, 0.2) is 0 Å². The molecule has 212 valence electrons. The van der Waals surface area contributed by atoms with E-state index in [0.717, 1.165) is 0 Å². The van der Waals surface area contributed by atoms with Gasteiger partial charge >= 0.3 is 251 Å². The third-order valence-corrected chi connectivity index (χ3v) is 26.2. The van der Waals surface area contributed by atoms with Gasteiger partial charge in [0.15, 0.2) is 0 Å². The molecule has 0 aromatic carbocycles. The molecule has 0 amide bonds. The Kier molecular flexibility index (Phi) is 36.5. The van der Waals surface area contributed by atoms with Crippen LogP contribution in [-0.2, 0) is 54.9 Å². The molecular weight excluding hydrogens is 528 g/mol. The van der Waals surface area contributed by atoms with Gasteiger partial charge in [-0.2, -0.15) is 0 Å². The number of hydrogen-bond donors (Lipinski definition) is 0. The second-order valence-corrected chi connectivity index (χ2v) is 27.4. The van der Waals surface area contributed by atoms with Gasteiger partial charge in [0.1, 0.15) is 0 Å². The smallest absolute Gasteiger partial charge is 4.00 e. The Bertz CT molecular complexity index is 272. The van der Waals surface area contributed by atoms with E-state index in [1.165, 1.54) is 103 Å². The van der Waals surface area contributed by atoms with Crippen LogP contribution in [0.4, 0.5) is 0 Å². The van der Waals surface area contributed by atoms with Crippen LogP contribution in [0.25, 0.3) is 0 Å². The molecule has 0 spiro atoms. The molecule has 0 aliphatic rings. The van der Waals surface area contributed by atoms with Crippen molar-refractivity contribution in [3.8, 4) is 0 Å². The summed E-state index contributed by atoms with van der Waals surface area (Å²) in [5, 5.41) is 0. The van der Waals surface area contributed by atoms with Crippen LogP contribution in [-0.4, -0.2) is 0 Å². The van der Waals surface area contributed by atoms with Crippen molar-refractivity contribution in [2.45, 2.75) is 196 Å². The fourth-order valence-corrected chi connectivity index (χ4v) is 24.4. The van der Waals surface area contributed by atoms with E-state index in [4.69, 9.17) is 0 Å². The summed E-state index contributed by atoms with van der Waals surface area (Å²) in [7, 11) is 0. The van der Waals surface area contributed by atoms with E-state index in [2.05, 4.69) is 55.4 Å². The van der Waals surface area contributed by atoms with E-state index >= 15 is 0 Å². The van der Waals surface area contributed by atoms with Gasteiger partial charge < -0.3 is 0 Å². The summed E-state index contributed by atoms with van der Waals surface area (Å²) in [6.07, 6.45) is 23.5. The molecule has 0 unspecified atom stereocenters. The van der Waals surface area contributed by atoms with Gasteiger partial charge in [0.05, 0.1) is 0 Å². The van der Waals surface area contributed by atoms with Crippen molar-refractivity contribution < 1.29 is 54.9 Å². The minimum atomic E-state index is -1.43. The molecule has 0 saturated heterocycles. The van der Waals surface area contributed by atoms with Crippen molar-refractivity contribution in [2.24, 2.45) is 0 Å². The van der Waals surface area contributed by atoms with Crippen molar-refractivity contribution in [1.82, 2.24) is 0 Å². The minimum absolute atomic E-state index is 0. The van der Waals surface area contributed by atoms with E-state index in [1.54, 1.807) is 37.8 Å². The monoisotopic (exact) mass is 600 g/mol. The van der Waals surface area contributed by atoms with Crippen LogP contribution < -0.4 is 0 Å². The largest absolute Gasteiger partial charge is 4.00 e. The molecular formula is C32H72Ti3. The maximum Gasteiger partial charge on any atom is 4.00 e. The van der Waals surface area contributed by atoms with Crippen LogP contribution in [0.2, 0.25) is 37.8 Å². The summed E-state index contributed by atoms with van der Waals surface area (Å²) in [4.78, 5) is 0. The molecule has 0 saturated carbocycles. The van der Waals surface area contributed by atoms with E-state index < -0.39 is 33.2 Å². The number of hydrogen-bond acceptors (Lipinski definition) is 0. The van der Waals surface area contributed by atoms with Crippen LogP contribution in [0.3, 0.4) is 0 Å². The molecule has 0 aromatic heterocycles. The summed E-state index contributed by atoms with van der Waals surface area (Å²) in [5.41, 5.74) is 0. The Morgan fingerprint density at radius 2 is 0.371 bits per heavy atom. The summed E-state index contributed by atoms with van der Waals surface area (Å²) in [6, 6.07) is 0. The van der Waals surface area contributed by atoms with E-state index in [0.29, 0.717) is 0 Å². The summed E-state index contributed by atoms with van der Waals surface area (Å²) >= 11 is -2.87. The predicted molar refractivity (Wildman–Crippen MR) is 158 cm³/mol. The third-order valence-electron chi connectivity index (χ3n) is 8.49. The van der Waals surface area contributed by atoms with Gasteiger partial charge in [-0.1, -0.05) is 0 Å². The zero-order valence-corrected chi connectivity index (χ0v) is 31.2. The molecule has 0 bridgehead atoms. The van der Waals surface area contributed by atoms with Gasteiger partial charge in [-0.15, -0.1) is 0 Å². The Labute approximate surface area is 248 Å². The average molecular weight is 601 g/mol.